The minimum absolute atomic E-state index is 0.523. The van der Waals surface area contributed by atoms with Crippen molar-refractivity contribution in [2.75, 3.05) is 7.11 Å². The van der Waals surface area contributed by atoms with Crippen molar-refractivity contribution in [2.45, 2.75) is 6.10 Å². The minimum atomic E-state index is -1.24. The highest BCUT2D eigenvalue weighted by Gasteiger charge is 2.15. The molecule has 21 heavy (non-hydrogen) atoms. The van der Waals surface area contributed by atoms with E-state index in [0.29, 0.717) is 5.56 Å². The number of carbonyl (C=O) groups is 1. The van der Waals surface area contributed by atoms with Crippen molar-refractivity contribution in [3.05, 3.63) is 65.7 Å². The van der Waals surface area contributed by atoms with Gasteiger partial charge in [-0.15, -0.1) is 0 Å². The Balaban J connectivity index is 1.92. The molecule has 0 heterocycles. The highest BCUT2D eigenvalue weighted by atomic mass is 16.5. The molecule has 0 saturated heterocycles. The zero-order valence-corrected chi connectivity index (χ0v) is 11.6. The number of benzene rings is 2. The molecule has 0 saturated carbocycles. The largest absolute Gasteiger partial charge is 0.497 e. The number of aliphatic hydroxyl groups is 1. The lowest BCUT2D eigenvalue weighted by molar-refractivity contribution is -0.129. The molecule has 2 N–H and O–H groups in total. The maximum Gasteiger partial charge on any atom is 0.273 e. The van der Waals surface area contributed by atoms with E-state index in [4.69, 9.17) is 4.74 Å². The van der Waals surface area contributed by atoms with Crippen LogP contribution in [-0.4, -0.2) is 24.3 Å². The molecule has 2 aromatic carbocycles. The van der Waals surface area contributed by atoms with Gasteiger partial charge in [0.25, 0.3) is 5.91 Å². The SMILES string of the molecule is COc1ccc(/C=N/NC(=O)[C@@H](O)c2ccccc2)cc1. The molecular weight excluding hydrogens is 268 g/mol. The van der Waals surface area contributed by atoms with Crippen molar-refractivity contribution in [3.8, 4) is 5.75 Å². The van der Waals surface area contributed by atoms with Gasteiger partial charge in [0.15, 0.2) is 6.10 Å². The summed E-state index contributed by atoms with van der Waals surface area (Å²) < 4.78 is 5.05. The molecule has 0 aliphatic heterocycles. The van der Waals surface area contributed by atoms with E-state index in [1.807, 2.05) is 18.2 Å². The Kier molecular flexibility index (Phi) is 5.06. The fourth-order valence-corrected chi connectivity index (χ4v) is 1.71. The van der Waals surface area contributed by atoms with Crippen LogP contribution in [0.3, 0.4) is 0 Å². The number of hydrazone groups is 1. The van der Waals surface area contributed by atoms with Crippen LogP contribution in [0.15, 0.2) is 59.7 Å². The van der Waals surface area contributed by atoms with Gasteiger partial charge in [0, 0.05) is 0 Å². The first-order valence-electron chi connectivity index (χ1n) is 6.40. The van der Waals surface area contributed by atoms with E-state index in [2.05, 4.69) is 10.5 Å². The van der Waals surface area contributed by atoms with Gasteiger partial charge >= 0.3 is 0 Å². The molecule has 1 amide bonds. The van der Waals surface area contributed by atoms with Crippen molar-refractivity contribution in [3.63, 3.8) is 0 Å². The summed E-state index contributed by atoms with van der Waals surface area (Å²) in [7, 11) is 1.59. The van der Waals surface area contributed by atoms with Gasteiger partial charge in [-0.2, -0.15) is 5.10 Å². The summed E-state index contributed by atoms with van der Waals surface area (Å²) >= 11 is 0. The van der Waals surface area contributed by atoms with Gasteiger partial charge in [0.05, 0.1) is 13.3 Å². The molecule has 5 nitrogen and oxygen atoms in total. The van der Waals surface area contributed by atoms with Crippen LogP contribution in [0.25, 0.3) is 0 Å². The Labute approximate surface area is 122 Å². The Morgan fingerprint density at radius 2 is 1.86 bits per heavy atom. The molecular formula is C16H16N2O3. The molecule has 0 aromatic heterocycles. The van der Waals surface area contributed by atoms with E-state index in [-0.39, 0.29) is 0 Å². The van der Waals surface area contributed by atoms with Crippen molar-refractivity contribution in [1.29, 1.82) is 0 Å². The number of nitrogens with zero attached hydrogens (tertiary/aromatic N) is 1. The molecule has 0 aliphatic rings. The predicted molar refractivity (Wildman–Crippen MR) is 80.1 cm³/mol. The lowest BCUT2D eigenvalue weighted by Gasteiger charge is -2.08. The summed E-state index contributed by atoms with van der Waals surface area (Å²) in [5.41, 5.74) is 3.64. The minimum Gasteiger partial charge on any atom is -0.497 e. The second kappa shape index (κ2) is 7.21. The third-order valence-corrected chi connectivity index (χ3v) is 2.87. The number of rotatable bonds is 5. The molecule has 0 unspecified atom stereocenters. The Hall–Kier alpha value is -2.66. The number of carbonyl (C=O) groups excluding carboxylic acids is 1. The van der Waals surface area contributed by atoms with Gasteiger partial charge in [0.2, 0.25) is 0 Å². The predicted octanol–water partition coefficient (Wildman–Crippen LogP) is 1.88. The van der Waals surface area contributed by atoms with Gasteiger partial charge in [-0.1, -0.05) is 30.3 Å². The first kappa shape index (κ1) is 14.7. The number of amides is 1. The van der Waals surface area contributed by atoms with E-state index in [0.717, 1.165) is 11.3 Å². The molecule has 2 rings (SSSR count). The lowest BCUT2D eigenvalue weighted by atomic mass is 10.1. The van der Waals surface area contributed by atoms with Crippen LogP contribution in [0.4, 0.5) is 0 Å². The number of nitrogens with one attached hydrogen (secondary N) is 1. The highest BCUT2D eigenvalue weighted by Crippen LogP contribution is 2.12. The molecule has 0 bridgehead atoms. The second-order valence-corrected chi connectivity index (χ2v) is 4.32. The number of aliphatic hydroxyl groups excluding tert-OH is 1. The normalized spacial score (nSPS) is 12.1. The molecule has 2 aromatic rings. The summed E-state index contributed by atoms with van der Waals surface area (Å²) in [6.45, 7) is 0. The van der Waals surface area contributed by atoms with Gasteiger partial charge in [0.1, 0.15) is 5.75 Å². The zero-order chi connectivity index (χ0) is 15.1. The quantitative estimate of drug-likeness (QED) is 0.650. The standard InChI is InChI=1S/C16H16N2O3/c1-21-14-9-7-12(8-10-14)11-17-18-16(20)15(19)13-5-3-2-4-6-13/h2-11,15,19H,1H3,(H,18,20)/b17-11+/t15-/m0/s1. The first-order chi connectivity index (χ1) is 10.2. The smallest absolute Gasteiger partial charge is 0.273 e. The first-order valence-corrected chi connectivity index (χ1v) is 6.40. The average Bonchev–Trinajstić information content (AvgIpc) is 2.55. The Morgan fingerprint density at radius 3 is 2.48 bits per heavy atom. The van der Waals surface area contributed by atoms with Crippen LogP contribution in [0.1, 0.15) is 17.2 Å². The monoisotopic (exact) mass is 284 g/mol. The fourth-order valence-electron chi connectivity index (χ4n) is 1.71. The average molecular weight is 284 g/mol. The molecule has 5 heteroatoms. The summed E-state index contributed by atoms with van der Waals surface area (Å²) in [6, 6.07) is 15.9. The topological polar surface area (TPSA) is 70.9 Å². The Morgan fingerprint density at radius 1 is 1.19 bits per heavy atom. The zero-order valence-electron chi connectivity index (χ0n) is 11.6. The van der Waals surface area contributed by atoms with Crippen LogP contribution in [0, 0.1) is 0 Å². The van der Waals surface area contributed by atoms with Crippen molar-refractivity contribution in [2.24, 2.45) is 5.10 Å². The summed E-state index contributed by atoms with van der Waals surface area (Å²) in [5.74, 6) is 0.168. The van der Waals surface area contributed by atoms with Crippen LogP contribution in [0.2, 0.25) is 0 Å². The molecule has 0 aliphatic carbocycles. The lowest BCUT2D eigenvalue weighted by Crippen LogP contribution is -2.25. The molecule has 0 fully saturated rings. The van der Waals surface area contributed by atoms with Gasteiger partial charge in [-0.25, -0.2) is 5.43 Å². The molecule has 108 valence electrons. The number of hydrogen-bond acceptors (Lipinski definition) is 4. The van der Waals surface area contributed by atoms with Crippen LogP contribution in [-0.2, 0) is 4.79 Å². The van der Waals surface area contributed by atoms with E-state index in [1.165, 1.54) is 6.21 Å². The van der Waals surface area contributed by atoms with E-state index >= 15 is 0 Å². The second-order valence-electron chi connectivity index (χ2n) is 4.32. The van der Waals surface area contributed by atoms with E-state index < -0.39 is 12.0 Å². The van der Waals surface area contributed by atoms with Crippen LogP contribution < -0.4 is 10.2 Å². The van der Waals surface area contributed by atoms with Crippen molar-refractivity contribution >= 4 is 12.1 Å². The Bertz CT molecular complexity index is 609. The van der Waals surface area contributed by atoms with Crippen molar-refractivity contribution in [1.82, 2.24) is 5.43 Å². The van der Waals surface area contributed by atoms with E-state index in [9.17, 15) is 9.90 Å². The number of methoxy groups -OCH3 is 1. The highest BCUT2D eigenvalue weighted by molar-refractivity contribution is 5.85. The molecule has 1 atom stereocenters. The number of ether oxygens (including phenoxy) is 1. The van der Waals surface area contributed by atoms with Crippen molar-refractivity contribution < 1.29 is 14.6 Å². The summed E-state index contributed by atoms with van der Waals surface area (Å²) in [6.07, 6.45) is 0.258. The van der Waals surface area contributed by atoms with Gasteiger partial charge in [-0.05, 0) is 35.4 Å². The van der Waals surface area contributed by atoms with Gasteiger partial charge < -0.3 is 9.84 Å². The van der Waals surface area contributed by atoms with Gasteiger partial charge in [-0.3, -0.25) is 4.79 Å². The maximum atomic E-state index is 11.7. The van der Waals surface area contributed by atoms with Crippen LogP contribution in [0.5, 0.6) is 5.75 Å². The summed E-state index contributed by atoms with van der Waals surface area (Å²) in [5, 5.41) is 13.7. The summed E-state index contributed by atoms with van der Waals surface area (Å²) in [4.78, 5) is 11.7. The molecule has 0 spiro atoms. The van der Waals surface area contributed by atoms with E-state index in [1.54, 1.807) is 43.5 Å². The maximum absolute atomic E-state index is 11.7. The number of hydrogen-bond donors (Lipinski definition) is 2. The third kappa shape index (κ3) is 4.15. The third-order valence-electron chi connectivity index (χ3n) is 2.87. The van der Waals surface area contributed by atoms with Crippen LogP contribution >= 0.6 is 0 Å². The molecule has 0 radical (unpaired) electrons. The fraction of sp³-hybridized carbons (Fsp3) is 0.125.